The van der Waals surface area contributed by atoms with E-state index in [0.717, 1.165) is 25.4 Å². The lowest BCUT2D eigenvalue weighted by molar-refractivity contribution is 0.122. The maximum atomic E-state index is 5.42. The number of nitrogens with one attached hydrogen (secondary N) is 1. The van der Waals surface area contributed by atoms with E-state index in [1.807, 2.05) is 25.1 Å². The van der Waals surface area contributed by atoms with E-state index in [9.17, 15) is 0 Å². The molecule has 2 aromatic heterocycles. The Morgan fingerprint density at radius 2 is 1.86 bits per heavy atom. The normalized spacial score (nSPS) is 14.2. The van der Waals surface area contributed by atoms with Gasteiger partial charge in [-0.25, -0.2) is 4.98 Å². The van der Waals surface area contributed by atoms with Gasteiger partial charge >= 0.3 is 0 Å². The Bertz CT molecular complexity index is 898. The maximum Gasteiger partial charge on any atom is 0.258 e. The molecule has 28 heavy (non-hydrogen) atoms. The number of nitrogens with zero attached hydrogens (tertiary/aromatic N) is 7. The SMILES string of the molecule is CCNc1nc(N2CCOCC2)nc(-n2cnc(SCc3ccccc3)n2)n1. The van der Waals surface area contributed by atoms with Crippen molar-refractivity contribution in [2.75, 3.05) is 43.1 Å². The Labute approximate surface area is 167 Å². The zero-order valence-corrected chi connectivity index (χ0v) is 16.5. The second-order valence-electron chi connectivity index (χ2n) is 6.13. The number of ether oxygens (including phenoxy) is 1. The van der Waals surface area contributed by atoms with Crippen LogP contribution in [0.1, 0.15) is 12.5 Å². The summed E-state index contributed by atoms with van der Waals surface area (Å²) in [6.07, 6.45) is 1.64. The van der Waals surface area contributed by atoms with Crippen molar-refractivity contribution in [3.05, 3.63) is 42.2 Å². The third kappa shape index (κ3) is 4.57. The van der Waals surface area contributed by atoms with Crippen molar-refractivity contribution >= 4 is 23.7 Å². The van der Waals surface area contributed by atoms with Gasteiger partial charge in [-0.2, -0.15) is 19.6 Å². The zero-order valence-electron chi connectivity index (χ0n) is 15.7. The summed E-state index contributed by atoms with van der Waals surface area (Å²) in [7, 11) is 0. The quantitative estimate of drug-likeness (QED) is 0.600. The van der Waals surface area contributed by atoms with Crippen molar-refractivity contribution in [3.63, 3.8) is 0 Å². The van der Waals surface area contributed by atoms with Crippen molar-refractivity contribution in [2.45, 2.75) is 17.8 Å². The standard InChI is InChI=1S/C18H22N8OS/c1-2-19-15-21-16(25-8-10-27-11-9-25)23-17(22-15)26-13-20-18(24-26)28-12-14-6-4-3-5-7-14/h3-7,13H,2,8-12H2,1H3,(H,19,21,22,23). The van der Waals surface area contributed by atoms with Gasteiger partial charge in [0.25, 0.3) is 5.95 Å². The van der Waals surface area contributed by atoms with E-state index in [-0.39, 0.29) is 0 Å². The summed E-state index contributed by atoms with van der Waals surface area (Å²) in [6.45, 7) is 5.57. The summed E-state index contributed by atoms with van der Waals surface area (Å²) < 4.78 is 7.02. The van der Waals surface area contributed by atoms with Gasteiger partial charge in [0.15, 0.2) is 0 Å². The summed E-state index contributed by atoms with van der Waals surface area (Å²) in [6, 6.07) is 10.3. The molecular weight excluding hydrogens is 376 g/mol. The van der Waals surface area contributed by atoms with Crippen LogP contribution >= 0.6 is 11.8 Å². The topological polar surface area (TPSA) is 93.9 Å². The smallest absolute Gasteiger partial charge is 0.258 e. The Balaban J connectivity index is 1.54. The molecule has 0 bridgehead atoms. The molecule has 1 aliphatic rings. The van der Waals surface area contributed by atoms with Crippen molar-refractivity contribution in [3.8, 4) is 5.95 Å². The van der Waals surface area contributed by atoms with Crippen LogP contribution in [0.3, 0.4) is 0 Å². The molecule has 0 atom stereocenters. The molecule has 3 heterocycles. The van der Waals surface area contributed by atoms with Gasteiger partial charge in [0.2, 0.25) is 17.1 Å². The molecule has 0 aliphatic carbocycles. The molecular formula is C18H22N8OS. The van der Waals surface area contributed by atoms with Gasteiger partial charge in [0.1, 0.15) is 6.33 Å². The fraction of sp³-hybridized carbons (Fsp3) is 0.389. The minimum atomic E-state index is 0.450. The number of thioether (sulfide) groups is 1. The highest BCUT2D eigenvalue weighted by Crippen LogP contribution is 2.20. The van der Waals surface area contributed by atoms with Gasteiger partial charge in [0, 0.05) is 25.4 Å². The van der Waals surface area contributed by atoms with Crippen LogP contribution in [0, 0.1) is 0 Å². The number of aromatic nitrogens is 6. The molecule has 1 fully saturated rings. The molecule has 0 unspecified atom stereocenters. The highest BCUT2D eigenvalue weighted by molar-refractivity contribution is 7.98. The van der Waals surface area contributed by atoms with E-state index >= 15 is 0 Å². The average molecular weight is 398 g/mol. The summed E-state index contributed by atoms with van der Waals surface area (Å²) in [5.41, 5.74) is 1.23. The minimum absolute atomic E-state index is 0.450. The number of benzene rings is 1. The number of hydrogen-bond donors (Lipinski definition) is 1. The third-order valence-corrected chi connectivity index (χ3v) is 5.05. The monoisotopic (exact) mass is 398 g/mol. The molecule has 9 nitrogen and oxygen atoms in total. The summed E-state index contributed by atoms with van der Waals surface area (Å²) in [4.78, 5) is 20.1. The second-order valence-corrected chi connectivity index (χ2v) is 7.08. The number of morpholine rings is 1. The molecule has 0 radical (unpaired) electrons. The molecule has 10 heteroatoms. The number of anilines is 2. The van der Waals surface area contributed by atoms with Crippen LogP contribution in [0.25, 0.3) is 5.95 Å². The first-order chi connectivity index (χ1) is 13.8. The van der Waals surface area contributed by atoms with Gasteiger partial charge in [-0.3, -0.25) is 0 Å². The molecule has 146 valence electrons. The van der Waals surface area contributed by atoms with Crippen molar-refractivity contribution < 1.29 is 4.74 Å². The van der Waals surface area contributed by atoms with Crippen LogP contribution in [0.4, 0.5) is 11.9 Å². The minimum Gasteiger partial charge on any atom is -0.378 e. The highest BCUT2D eigenvalue weighted by Gasteiger charge is 2.18. The summed E-state index contributed by atoms with van der Waals surface area (Å²) in [5, 5.41) is 8.37. The number of hydrogen-bond acceptors (Lipinski definition) is 9. The van der Waals surface area contributed by atoms with Crippen LogP contribution in [0.5, 0.6) is 0 Å². The third-order valence-electron chi connectivity index (χ3n) is 4.13. The van der Waals surface area contributed by atoms with Crippen molar-refractivity contribution in [1.29, 1.82) is 0 Å². The molecule has 1 aliphatic heterocycles. The Kier molecular flexibility index (Phi) is 5.98. The number of rotatable bonds is 7. The van der Waals surface area contributed by atoms with Crippen molar-refractivity contribution in [1.82, 2.24) is 29.7 Å². The van der Waals surface area contributed by atoms with E-state index in [4.69, 9.17) is 4.74 Å². The lowest BCUT2D eigenvalue weighted by Crippen LogP contribution is -2.37. The van der Waals surface area contributed by atoms with E-state index in [1.54, 1.807) is 22.8 Å². The summed E-state index contributed by atoms with van der Waals surface area (Å²) >= 11 is 1.58. The van der Waals surface area contributed by atoms with Crippen molar-refractivity contribution in [2.24, 2.45) is 0 Å². The lowest BCUT2D eigenvalue weighted by atomic mass is 10.2. The van der Waals surface area contributed by atoms with Gasteiger partial charge in [-0.15, -0.1) is 5.10 Å². The van der Waals surface area contributed by atoms with Crippen LogP contribution in [0.15, 0.2) is 41.8 Å². The van der Waals surface area contributed by atoms with E-state index in [2.05, 4.69) is 47.4 Å². The first-order valence-corrected chi connectivity index (χ1v) is 10.2. The van der Waals surface area contributed by atoms with E-state index in [1.165, 1.54) is 5.56 Å². The van der Waals surface area contributed by atoms with E-state index < -0.39 is 0 Å². The zero-order chi connectivity index (χ0) is 19.2. The largest absolute Gasteiger partial charge is 0.378 e. The highest BCUT2D eigenvalue weighted by atomic mass is 32.2. The molecule has 0 amide bonds. The van der Waals surface area contributed by atoms with Crippen LogP contribution in [-0.4, -0.2) is 62.6 Å². The van der Waals surface area contributed by atoms with Gasteiger partial charge in [-0.05, 0) is 12.5 Å². The van der Waals surface area contributed by atoms with Gasteiger partial charge < -0.3 is 15.0 Å². The Morgan fingerprint density at radius 3 is 2.64 bits per heavy atom. The van der Waals surface area contributed by atoms with Gasteiger partial charge in [0.05, 0.1) is 13.2 Å². The molecule has 3 aromatic rings. The lowest BCUT2D eigenvalue weighted by Gasteiger charge is -2.27. The molecule has 1 saturated heterocycles. The average Bonchev–Trinajstić information content (AvgIpc) is 3.23. The molecule has 1 aromatic carbocycles. The van der Waals surface area contributed by atoms with E-state index in [0.29, 0.717) is 36.2 Å². The fourth-order valence-corrected chi connectivity index (χ4v) is 3.49. The van der Waals surface area contributed by atoms with Crippen LogP contribution < -0.4 is 10.2 Å². The van der Waals surface area contributed by atoms with Crippen LogP contribution in [-0.2, 0) is 10.5 Å². The molecule has 0 spiro atoms. The first-order valence-electron chi connectivity index (χ1n) is 9.23. The Hall–Kier alpha value is -2.72. The van der Waals surface area contributed by atoms with Gasteiger partial charge in [-0.1, -0.05) is 42.1 Å². The second kappa shape index (κ2) is 8.98. The first kappa shape index (κ1) is 18.6. The molecule has 1 N–H and O–H groups in total. The van der Waals surface area contributed by atoms with Crippen LogP contribution in [0.2, 0.25) is 0 Å². The maximum absolute atomic E-state index is 5.42. The fourth-order valence-electron chi connectivity index (χ4n) is 2.73. The Morgan fingerprint density at radius 1 is 1.07 bits per heavy atom. The molecule has 0 saturated carbocycles. The predicted octanol–water partition coefficient (Wildman–Crippen LogP) is 2.01. The molecule has 4 rings (SSSR count). The summed E-state index contributed by atoms with van der Waals surface area (Å²) in [5.74, 6) is 2.41. The predicted molar refractivity (Wildman–Crippen MR) is 108 cm³/mol.